The second-order valence-corrected chi connectivity index (χ2v) is 3.50. The van der Waals surface area contributed by atoms with Crippen LogP contribution in [0, 0.1) is 0 Å². The lowest BCUT2D eigenvalue weighted by Gasteiger charge is -2.07. The molecule has 0 bridgehead atoms. The van der Waals surface area contributed by atoms with Gasteiger partial charge in [-0.25, -0.2) is 0 Å². The van der Waals surface area contributed by atoms with E-state index >= 15 is 0 Å². The SMILES string of the molecule is CC1CN=C(CC2=NCC(C)O2)O1. The van der Waals surface area contributed by atoms with Crippen LogP contribution < -0.4 is 0 Å². The highest BCUT2D eigenvalue weighted by atomic mass is 16.5. The standard InChI is InChI=1S/C9H14N2O2/c1-6-4-10-8(12-6)3-9-11-5-7(2)13-9/h6-7H,3-5H2,1-2H3. The van der Waals surface area contributed by atoms with Crippen molar-refractivity contribution < 1.29 is 9.47 Å². The maximum absolute atomic E-state index is 5.45. The van der Waals surface area contributed by atoms with Crippen LogP contribution in [0.1, 0.15) is 20.3 Å². The van der Waals surface area contributed by atoms with E-state index in [1.54, 1.807) is 0 Å². The van der Waals surface area contributed by atoms with Crippen molar-refractivity contribution in [3.8, 4) is 0 Å². The number of hydrogen-bond donors (Lipinski definition) is 0. The van der Waals surface area contributed by atoms with Gasteiger partial charge in [-0.1, -0.05) is 0 Å². The number of ether oxygens (including phenoxy) is 2. The van der Waals surface area contributed by atoms with Crippen molar-refractivity contribution in [2.24, 2.45) is 9.98 Å². The highest BCUT2D eigenvalue weighted by Gasteiger charge is 2.21. The molecule has 4 heteroatoms. The molecule has 0 amide bonds. The molecule has 2 rings (SSSR count). The predicted molar refractivity (Wildman–Crippen MR) is 50.3 cm³/mol. The Kier molecular flexibility index (Phi) is 2.20. The Hall–Kier alpha value is -1.06. The summed E-state index contributed by atoms with van der Waals surface area (Å²) in [6.45, 7) is 5.54. The van der Waals surface area contributed by atoms with E-state index in [4.69, 9.17) is 9.47 Å². The third-order valence-corrected chi connectivity index (χ3v) is 2.03. The van der Waals surface area contributed by atoms with Crippen LogP contribution in [0.15, 0.2) is 9.98 Å². The Morgan fingerprint density at radius 3 is 1.85 bits per heavy atom. The zero-order valence-corrected chi connectivity index (χ0v) is 7.99. The van der Waals surface area contributed by atoms with E-state index in [1.165, 1.54) is 0 Å². The van der Waals surface area contributed by atoms with Crippen LogP contribution >= 0.6 is 0 Å². The summed E-state index contributed by atoms with van der Waals surface area (Å²) in [5, 5.41) is 0. The fourth-order valence-electron chi connectivity index (χ4n) is 1.40. The van der Waals surface area contributed by atoms with Gasteiger partial charge in [-0.05, 0) is 13.8 Å². The molecular weight excluding hydrogens is 168 g/mol. The molecule has 0 aromatic rings. The molecule has 0 N–H and O–H groups in total. The highest BCUT2D eigenvalue weighted by Crippen LogP contribution is 2.11. The molecule has 13 heavy (non-hydrogen) atoms. The molecule has 0 aromatic carbocycles. The molecule has 2 aliphatic rings. The molecular formula is C9H14N2O2. The van der Waals surface area contributed by atoms with Crippen LogP contribution in [-0.4, -0.2) is 37.1 Å². The van der Waals surface area contributed by atoms with Crippen LogP contribution in [0.3, 0.4) is 0 Å². The Balaban J connectivity index is 1.85. The van der Waals surface area contributed by atoms with Crippen molar-refractivity contribution in [1.82, 2.24) is 0 Å². The zero-order chi connectivity index (χ0) is 9.26. The van der Waals surface area contributed by atoms with Gasteiger partial charge in [0.2, 0.25) is 0 Å². The number of nitrogens with zero attached hydrogens (tertiary/aromatic N) is 2. The van der Waals surface area contributed by atoms with Crippen LogP contribution in [0.25, 0.3) is 0 Å². The number of hydrogen-bond acceptors (Lipinski definition) is 4. The van der Waals surface area contributed by atoms with Crippen molar-refractivity contribution >= 4 is 11.8 Å². The quantitative estimate of drug-likeness (QED) is 0.639. The average molecular weight is 182 g/mol. The fraction of sp³-hybridized carbons (Fsp3) is 0.778. The van der Waals surface area contributed by atoms with E-state index in [1.807, 2.05) is 13.8 Å². The monoisotopic (exact) mass is 182 g/mol. The van der Waals surface area contributed by atoms with Gasteiger partial charge in [-0.15, -0.1) is 0 Å². The lowest BCUT2D eigenvalue weighted by molar-refractivity contribution is 0.229. The van der Waals surface area contributed by atoms with Gasteiger partial charge >= 0.3 is 0 Å². The Bertz CT molecular complexity index is 234. The first-order chi connectivity index (χ1) is 6.24. The summed E-state index contributed by atoms with van der Waals surface area (Å²) < 4.78 is 10.9. The molecule has 0 radical (unpaired) electrons. The van der Waals surface area contributed by atoms with Gasteiger partial charge in [-0.3, -0.25) is 9.98 Å². The van der Waals surface area contributed by atoms with Crippen molar-refractivity contribution in [3.05, 3.63) is 0 Å². The second-order valence-electron chi connectivity index (χ2n) is 3.50. The van der Waals surface area contributed by atoms with Gasteiger partial charge in [0.05, 0.1) is 19.5 Å². The Morgan fingerprint density at radius 1 is 1.08 bits per heavy atom. The first kappa shape index (κ1) is 8.53. The second kappa shape index (κ2) is 3.36. The van der Waals surface area contributed by atoms with Crippen molar-refractivity contribution in [1.29, 1.82) is 0 Å². The first-order valence-electron chi connectivity index (χ1n) is 4.64. The summed E-state index contributed by atoms with van der Waals surface area (Å²) >= 11 is 0. The van der Waals surface area contributed by atoms with Crippen molar-refractivity contribution in [2.75, 3.05) is 13.1 Å². The van der Waals surface area contributed by atoms with E-state index in [2.05, 4.69) is 9.98 Å². The lowest BCUT2D eigenvalue weighted by atomic mass is 10.4. The van der Waals surface area contributed by atoms with Crippen LogP contribution in [0.2, 0.25) is 0 Å². The van der Waals surface area contributed by atoms with E-state index in [-0.39, 0.29) is 12.2 Å². The minimum absolute atomic E-state index is 0.217. The number of aliphatic imine (C=N–C) groups is 2. The molecule has 0 spiro atoms. The average Bonchev–Trinajstić information content (AvgIpc) is 2.62. The predicted octanol–water partition coefficient (Wildman–Crippen LogP) is 1.01. The minimum atomic E-state index is 0.217. The summed E-state index contributed by atoms with van der Waals surface area (Å²) in [6, 6.07) is 0. The Morgan fingerprint density at radius 2 is 1.54 bits per heavy atom. The third-order valence-electron chi connectivity index (χ3n) is 2.03. The maximum Gasteiger partial charge on any atom is 0.193 e. The minimum Gasteiger partial charge on any atom is -0.476 e. The molecule has 2 atom stereocenters. The molecule has 2 heterocycles. The number of rotatable bonds is 2. The van der Waals surface area contributed by atoms with Crippen molar-refractivity contribution in [3.63, 3.8) is 0 Å². The van der Waals surface area contributed by atoms with Gasteiger partial charge in [0.1, 0.15) is 12.2 Å². The molecule has 0 fully saturated rings. The smallest absolute Gasteiger partial charge is 0.193 e. The molecule has 0 aliphatic carbocycles. The van der Waals surface area contributed by atoms with E-state index < -0.39 is 0 Å². The maximum atomic E-state index is 5.45. The van der Waals surface area contributed by atoms with E-state index in [0.717, 1.165) is 24.9 Å². The summed E-state index contributed by atoms with van der Waals surface area (Å²) in [5.41, 5.74) is 0. The van der Waals surface area contributed by atoms with Crippen molar-refractivity contribution in [2.45, 2.75) is 32.5 Å². The fourth-order valence-corrected chi connectivity index (χ4v) is 1.40. The highest BCUT2D eigenvalue weighted by molar-refractivity contribution is 5.98. The van der Waals surface area contributed by atoms with Gasteiger partial charge < -0.3 is 9.47 Å². The van der Waals surface area contributed by atoms with E-state index in [9.17, 15) is 0 Å². The first-order valence-corrected chi connectivity index (χ1v) is 4.64. The van der Waals surface area contributed by atoms with Gasteiger partial charge in [0, 0.05) is 0 Å². The third kappa shape index (κ3) is 1.99. The van der Waals surface area contributed by atoms with Gasteiger partial charge in [0.15, 0.2) is 11.8 Å². The van der Waals surface area contributed by atoms with Crippen LogP contribution in [0.5, 0.6) is 0 Å². The van der Waals surface area contributed by atoms with Crippen LogP contribution in [0.4, 0.5) is 0 Å². The van der Waals surface area contributed by atoms with Gasteiger partial charge in [0.25, 0.3) is 0 Å². The molecule has 2 unspecified atom stereocenters. The largest absolute Gasteiger partial charge is 0.476 e. The Labute approximate surface area is 77.7 Å². The molecule has 0 saturated heterocycles. The normalized spacial score (nSPS) is 32.2. The molecule has 2 aliphatic heterocycles. The topological polar surface area (TPSA) is 43.2 Å². The molecule has 0 saturated carbocycles. The lowest BCUT2D eigenvalue weighted by Crippen LogP contribution is -2.14. The molecule has 0 aromatic heterocycles. The summed E-state index contributed by atoms with van der Waals surface area (Å²) in [5.74, 6) is 1.53. The summed E-state index contributed by atoms with van der Waals surface area (Å²) in [4.78, 5) is 8.48. The zero-order valence-electron chi connectivity index (χ0n) is 7.99. The molecule has 72 valence electrons. The summed E-state index contributed by atoms with van der Waals surface area (Å²) in [7, 11) is 0. The van der Waals surface area contributed by atoms with Crippen LogP contribution in [-0.2, 0) is 9.47 Å². The summed E-state index contributed by atoms with van der Waals surface area (Å²) in [6.07, 6.45) is 1.05. The van der Waals surface area contributed by atoms with Gasteiger partial charge in [-0.2, -0.15) is 0 Å². The van der Waals surface area contributed by atoms with E-state index in [0.29, 0.717) is 6.42 Å². The molecule has 4 nitrogen and oxygen atoms in total.